The summed E-state index contributed by atoms with van der Waals surface area (Å²) < 4.78 is 5.23. The summed E-state index contributed by atoms with van der Waals surface area (Å²) in [6.07, 6.45) is 7.09. The maximum Gasteiger partial charge on any atom is 0.0888 e. The van der Waals surface area contributed by atoms with E-state index in [1.54, 1.807) is 13.3 Å². The van der Waals surface area contributed by atoms with Crippen LogP contribution in [0.15, 0.2) is 42.7 Å². The quantitative estimate of drug-likeness (QED) is 0.761. The van der Waals surface area contributed by atoms with Crippen molar-refractivity contribution in [2.75, 3.05) is 13.7 Å². The van der Waals surface area contributed by atoms with Crippen LogP contribution in [0.2, 0.25) is 0 Å². The van der Waals surface area contributed by atoms with Crippen LogP contribution in [0, 0.1) is 0 Å². The average molecular weight is 270 g/mol. The Morgan fingerprint density at radius 1 is 1.05 bits per heavy atom. The Morgan fingerprint density at radius 2 is 1.90 bits per heavy atom. The van der Waals surface area contributed by atoms with E-state index in [1.807, 2.05) is 24.4 Å². The van der Waals surface area contributed by atoms with Crippen molar-refractivity contribution in [3.8, 4) is 11.4 Å². The first-order valence-electron chi connectivity index (χ1n) is 7.21. The van der Waals surface area contributed by atoms with Crippen molar-refractivity contribution in [2.45, 2.75) is 32.1 Å². The van der Waals surface area contributed by atoms with Crippen molar-refractivity contribution in [3.05, 3.63) is 48.3 Å². The largest absolute Gasteiger partial charge is 0.385 e. The Bertz CT molecular complexity index is 513. The van der Waals surface area contributed by atoms with Crippen molar-refractivity contribution in [1.82, 2.24) is 9.97 Å². The van der Waals surface area contributed by atoms with Crippen LogP contribution < -0.4 is 0 Å². The van der Waals surface area contributed by atoms with Gasteiger partial charge in [-0.15, -0.1) is 0 Å². The van der Waals surface area contributed by atoms with Gasteiger partial charge in [0, 0.05) is 26.1 Å². The summed E-state index contributed by atoms with van der Waals surface area (Å²) in [7, 11) is 1.76. The lowest BCUT2D eigenvalue weighted by Gasteiger charge is -2.16. The smallest absolute Gasteiger partial charge is 0.0888 e. The summed E-state index contributed by atoms with van der Waals surface area (Å²) in [5.41, 5.74) is 3.21. The van der Waals surface area contributed by atoms with Gasteiger partial charge in [0.1, 0.15) is 0 Å². The molecular weight excluding hydrogens is 248 g/mol. The summed E-state index contributed by atoms with van der Waals surface area (Å²) in [5.74, 6) is 0.533. The molecule has 0 radical (unpaired) electrons. The van der Waals surface area contributed by atoms with Gasteiger partial charge >= 0.3 is 0 Å². The molecule has 1 unspecified atom stereocenters. The van der Waals surface area contributed by atoms with Gasteiger partial charge in [-0.2, -0.15) is 0 Å². The van der Waals surface area contributed by atoms with E-state index < -0.39 is 0 Å². The van der Waals surface area contributed by atoms with Crippen LogP contribution in [-0.2, 0) is 4.74 Å². The normalized spacial score (nSPS) is 12.3. The Morgan fingerprint density at radius 3 is 2.60 bits per heavy atom. The van der Waals surface area contributed by atoms with Gasteiger partial charge in [-0.1, -0.05) is 19.4 Å². The fourth-order valence-electron chi connectivity index (χ4n) is 2.44. The summed E-state index contributed by atoms with van der Waals surface area (Å²) in [6.45, 7) is 3.02. The molecule has 0 aliphatic carbocycles. The molecule has 0 aliphatic rings. The first-order chi connectivity index (χ1) is 9.85. The molecule has 0 aromatic carbocycles. The highest BCUT2D eigenvalue weighted by atomic mass is 16.5. The third-order valence-electron chi connectivity index (χ3n) is 3.49. The minimum atomic E-state index is 0.533. The number of hydrogen-bond acceptors (Lipinski definition) is 3. The van der Waals surface area contributed by atoms with Gasteiger partial charge in [-0.05, 0) is 48.6 Å². The Kier molecular flexibility index (Phi) is 5.69. The zero-order valence-corrected chi connectivity index (χ0v) is 12.2. The standard InChI is InChI=1S/C17H22N2O/c1-3-6-14(9-12-20-2)15-8-11-19-17(13-15)16-7-4-5-10-18-16/h4-5,7-8,10-11,13-14H,3,6,9,12H2,1-2H3. The molecule has 2 aromatic rings. The third kappa shape index (κ3) is 3.87. The van der Waals surface area contributed by atoms with Gasteiger partial charge in [0.25, 0.3) is 0 Å². The summed E-state index contributed by atoms with van der Waals surface area (Å²) >= 11 is 0. The fourth-order valence-corrected chi connectivity index (χ4v) is 2.44. The zero-order valence-electron chi connectivity index (χ0n) is 12.2. The van der Waals surface area contributed by atoms with Crippen LogP contribution in [0.5, 0.6) is 0 Å². The average Bonchev–Trinajstić information content (AvgIpc) is 2.52. The van der Waals surface area contributed by atoms with Gasteiger partial charge in [0.05, 0.1) is 11.4 Å². The molecular formula is C17H22N2O. The van der Waals surface area contributed by atoms with Crippen molar-refractivity contribution in [2.24, 2.45) is 0 Å². The second-order valence-corrected chi connectivity index (χ2v) is 4.96. The number of hydrogen-bond donors (Lipinski definition) is 0. The van der Waals surface area contributed by atoms with Crippen LogP contribution in [-0.4, -0.2) is 23.7 Å². The molecule has 1 atom stereocenters. The second kappa shape index (κ2) is 7.75. The molecule has 3 nitrogen and oxygen atoms in total. The van der Waals surface area contributed by atoms with Gasteiger partial charge in [-0.3, -0.25) is 9.97 Å². The molecule has 0 saturated heterocycles. The van der Waals surface area contributed by atoms with Crippen LogP contribution in [0.25, 0.3) is 11.4 Å². The summed E-state index contributed by atoms with van der Waals surface area (Å²) in [4.78, 5) is 8.81. The molecule has 0 amide bonds. The number of rotatable bonds is 7. The van der Waals surface area contributed by atoms with E-state index in [0.29, 0.717) is 5.92 Å². The molecule has 0 spiro atoms. The molecule has 0 bridgehead atoms. The highest BCUT2D eigenvalue weighted by Crippen LogP contribution is 2.27. The fraction of sp³-hybridized carbons (Fsp3) is 0.412. The Labute approximate surface area is 121 Å². The monoisotopic (exact) mass is 270 g/mol. The van der Waals surface area contributed by atoms with E-state index in [2.05, 4.69) is 29.0 Å². The molecule has 2 rings (SSSR count). The van der Waals surface area contributed by atoms with E-state index in [9.17, 15) is 0 Å². The number of aromatic nitrogens is 2. The van der Waals surface area contributed by atoms with Gasteiger partial charge in [0.15, 0.2) is 0 Å². The van der Waals surface area contributed by atoms with Crippen molar-refractivity contribution in [3.63, 3.8) is 0 Å². The third-order valence-corrected chi connectivity index (χ3v) is 3.49. The minimum absolute atomic E-state index is 0.533. The minimum Gasteiger partial charge on any atom is -0.385 e. The zero-order chi connectivity index (χ0) is 14.2. The molecule has 0 saturated carbocycles. The molecule has 0 aliphatic heterocycles. The molecule has 2 aromatic heterocycles. The van der Waals surface area contributed by atoms with E-state index >= 15 is 0 Å². The number of methoxy groups -OCH3 is 1. The summed E-state index contributed by atoms with van der Waals surface area (Å²) in [5, 5.41) is 0. The number of ether oxygens (including phenoxy) is 1. The first-order valence-corrected chi connectivity index (χ1v) is 7.21. The SMILES string of the molecule is CCCC(CCOC)c1ccnc(-c2ccccn2)c1. The van der Waals surface area contributed by atoms with Crippen molar-refractivity contribution < 1.29 is 4.74 Å². The van der Waals surface area contributed by atoms with Gasteiger partial charge in [0.2, 0.25) is 0 Å². The molecule has 106 valence electrons. The maximum atomic E-state index is 5.23. The van der Waals surface area contributed by atoms with Crippen LogP contribution >= 0.6 is 0 Å². The van der Waals surface area contributed by atoms with Crippen molar-refractivity contribution in [1.29, 1.82) is 0 Å². The second-order valence-electron chi connectivity index (χ2n) is 4.96. The van der Waals surface area contributed by atoms with Gasteiger partial charge < -0.3 is 4.74 Å². The molecule has 3 heteroatoms. The van der Waals surface area contributed by atoms with E-state index in [4.69, 9.17) is 4.74 Å². The number of pyridine rings is 2. The maximum absolute atomic E-state index is 5.23. The number of nitrogens with zero attached hydrogens (tertiary/aromatic N) is 2. The molecule has 2 heterocycles. The Hall–Kier alpha value is -1.74. The summed E-state index contributed by atoms with van der Waals surface area (Å²) in [6, 6.07) is 10.2. The van der Waals surface area contributed by atoms with E-state index in [0.717, 1.165) is 24.4 Å². The highest BCUT2D eigenvalue weighted by molar-refractivity contribution is 5.54. The highest BCUT2D eigenvalue weighted by Gasteiger charge is 2.12. The van der Waals surface area contributed by atoms with Gasteiger partial charge in [-0.25, -0.2) is 0 Å². The lowest BCUT2D eigenvalue weighted by atomic mass is 9.91. The van der Waals surface area contributed by atoms with Crippen LogP contribution in [0.3, 0.4) is 0 Å². The van der Waals surface area contributed by atoms with Crippen molar-refractivity contribution >= 4 is 0 Å². The Balaban J connectivity index is 2.23. The van der Waals surface area contributed by atoms with Crippen LogP contribution in [0.1, 0.15) is 37.7 Å². The molecule has 0 fully saturated rings. The van der Waals surface area contributed by atoms with E-state index in [1.165, 1.54) is 18.4 Å². The molecule has 0 N–H and O–H groups in total. The predicted molar refractivity (Wildman–Crippen MR) is 81.6 cm³/mol. The predicted octanol–water partition coefficient (Wildman–Crippen LogP) is 4.06. The molecule has 20 heavy (non-hydrogen) atoms. The van der Waals surface area contributed by atoms with Crippen LogP contribution in [0.4, 0.5) is 0 Å². The lowest BCUT2D eigenvalue weighted by Crippen LogP contribution is -2.03. The van der Waals surface area contributed by atoms with E-state index in [-0.39, 0.29) is 0 Å². The topological polar surface area (TPSA) is 35.0 Å². The first kappa shape index (κ1) is 14.7. The lowest BCUT2D eigenvalue weighted by molar-refractivity contribution is 0.186.